The van der Waals surface area contributed by atoms with Crippen molar-refractivity contribution in [2.24, 2.45) is 21.1 Å². The van der Waals surface area contributed by atoms with Crippen molar-refractivity contribution < 1.29 is 29.6 Å². The molecule has 1 saturated carbocycles. The second-order valence-electron chi connectivity index (χ2n) is 11.7. The van der Waals surface area contributed by atoms with Crippen molar-refractivity contribution in [2.75, 3.05) is 18.6 Å². The molecule has 0 spiro atoms. The maximum Gasteiger partial charge on any atom is 0.586 e. The van der Waals surface area contributed by atoms with E-state index >= 15 is 0 Å². The number of benzene rings is 2. The molecule has 0 radical (unpaired) electrons. The second kappa shape index (κ2) is 9.36. The number of anilines is 1. The first-order chi connectivity index (χ1) is 19.0. The van der Waals surface area contributed by atoms with Crippen LogP contribution in [0.4, 0.5) is 14.5 Å². The predicted molar refractivity (Wildman–Crippen MR) is 147 cm³/mol. The summed E-state index contributed by atoms with van der Waals surface area (Å²) in [6.45, 7) is 7.34. The molecule has 2 aromatic carbocycles. The van der Waals surface area contributed by atoms with E-state index in [-0.39, 0.29) is 36.8 Å². The zero-order valence-electron chi connectivity index (χ0n) is 22.6. The predicted octanol–water partition coefficient (Wildman–Crippen LogP) is 6.00. The Morgan fingerprint density at radius 2 is 1.93 bits per heavy atom. The van der Waals surface area contributed by atoms with Crippen molar-refractivity contribution in [3.05, 3.63) is 53.7 Å². The molecule has 2 N–H and O–H groups in total. The lowest BCUT2D eigenvalue weighted by Gasteiger charge is -2.24. The first kappa shape index (κ1) is 26.4. The summed E-state index contributed by atoms with van der Waals surface area (Å²) in [5.74, 6) is 0.271. The third-order valence-electron chi connectivity index (χ3n) is 7.74. The highest BCUT2D eigenvalue weighted by Gasteiger charge is 2.52. The highest BCUT2D eigenvalue weighted by Crippen LogP contribution is 2.52. The second-order valence-corrected chi connectivity index (χ2v) is 11.7. The Labute approximate surface area is 231 Å². The highest BCUT2D eigenvalue weighted by molar-refractivity contribution is 6.02. The van der Waals surface area contributed by atoms with E-state index in [2.05, 4.69) is 61.4 Å². The molecule has 1 fully saturated rings. The summed E-state index contributed by atoms with van der Waals surface area (Å²) < 4.78 is 38.3. The van der Waals surface area contributed by atoms with Crippen LogP contribution in [0.5, 0.6) is 11.5 Å². The van der Waals surface area contributed by atoms with Gasteiger partial charge in [0.1, 0.15) is 5.84 Å². The van der Waals surface area contributed by atoms with Gasteiger partial charge in [0.25, 0.3) is 0 Å². The van der Waals surface area contributed by atoms with Gasteiger partial charge in [-0.15, -0.1) is 13.9 Å². The fourth-order valence-electron chi connectivity index (χ4n) is 5.50. The molecule has 2 aliphatic heterocycles. The van der Waals surface area contributed by atoms with Crippen molar-refractivity contribution in [1.82, 2.24) is 4.57 Å². The Hall–Kier alpha value is -3.86. The zero-order chi connectivity index (χ0) is 28.3. The minimum atomic E-state index is -3.70. The van der Waals surface area contributed by atoms with Gasteiger partial charge < -0.3 is 24.5 Å². The summed E-state index contributed by atoms with van der Waals surface area (Å²) in [6, 6.07) is 12.4. The van der Waals surface area contributed by atoms with E-state index in [1.54, 1.807) is 6.07 Å². The van der Waals surface area contributed by atoms with E-state index in [0.29, 0.717) is 49.6 Å². The summed E-state index contributed by atoms with van der Waals surface area (Å²) in [5.41, 5.74) is 2.40. The number of halogens is 2. The number of nitrogens with one attached hydrogen (secondary N) is 1. The standard InChI is InChI=1S/C29H31F2N5O4.H2/c1-27(2,3)24-12-18-11-20(5-6-21(18)36(24)14-17(15-37)10-25-32-16-33-35-25)34-26(38)28(8-9-28)19-4-7-22-23(13-19)40-29(30,31)39-22;/h4-7,11-13,17,37H,8-10,14-16H2,1-3H3,(H,34,38);1H. The molecular weight excluding hydrogens is 520 g/mol. The highest BCUT2D eigenvalue weighted by atomic mass is 19.3. The number of aliphatic hydroxyl groups excluding tert-OH is 1. The molecule has 3 heterocycles. The number of fused-ring (bicyclic) bond motifs is 2. The van der Waals surface area contributed by atoms with E-state index in [0.717, 1.165) is 16.6 Å². The van der Waals surface area contributed by atoms with Crippen molar-refractivity contribution in [3.63, 3.8) is 0 Å². The van der Waals surface area contributed by atoms with Gasteiger partial charge in [0.15, 0.2) is 18.2 Å². The quantitative estimate of drug-likeness (QED) is 0.357. The number of nitrogens with zero attached hydrogens (tertiary/aromatic N) is 4. The van der Waals surface area contributed by atoms with E-state index in [9.17, 15) is 18.7 Å². The zero-order valence-corrected chi connectivity index (χ0v) is 22.6. The molecule has 1 amide bonds. The number of carbonyl (C=O) groups is 1. The molecule has 0 bridgehead atoms. The molecule has 40 heavy (non-hydrogen) atoms. The van der Waals surface area contributed by atoms with Crippen LogP contribution in [0.15, 0.2) is 57.7 Å². The number of hydrogen-bond donors (Lipinski definition) is 2. The third-order valence-corrected chi connectivity index (χ3v) is 7.74. The minimum absolute atomic E-state index is 0. The molecular formula is C29H33F2N5O4. The summed E-state index contributed by atoms with van der Waals surface area (Å²) in [6.07, 6.45) is -1.95. The van der Waals surface area contributed by atoms with E-state index in [4.69, 9.17) is 0 Å². The molecule has 212 valence electrons. The van der Waals surface area contributed by atoms with Crippen LogP contribution in [0.25, 0.3) is 10.9 Å². The Balaban J connectivity index is 0.00000337. The Kier molecular flexibility index (Phi) is 6.17. The number of rotatable bonds is 8. The summed E-state index contributed by atoms with van der Waals surface area (Å²) in [4.78, 5) is 17.7. The van der Waals surface area contributed by atoms with Gasteiger partial charge in [0, 0.05) is 54.6 Å². The van der Waals surface area contributed by atoms with Crippen LogP contribution >= 0.6 is 0 Å². The number of ether oxygens (including phenoxy) is 2. The van der Waals surface area contributed by atoms with E-state index < -0.39 is 11.7 Å². The summed E-state index contributed by atoms with van der Waals surface area (Å²) >= 11 is 0. The molecule has 1 aliphatic carbocycles. The maximum atomic E-state index is 13.5. The molecule has 1 aromatic heterocycles. The number of azo groups is 1. The average Bonchev–Trinajstić information content (AvgIpc) is 3.21. The lowest BCUT2D eigenvalue weighted by atomic mass is 9.91. The Bertz CT molecular complexity index is 1560. The van der Waals surface area contributed by atoms with Gasteiger partial charge in [0.05, 0.1) is 5.41 Å². The number of aliphatic imine (C=N–C) groups is 1. The minimum Gasteiger partial charge on any atom is -0.396 e. The number of amidine groups is 1. The van der Waals surface area contributed by atoms with Gasteiger partial charge in [-0.1, -0.05) is 26.8 Å². The SMILES string of the molecule is CC(C)(C)c1cc2cc(NC(=O)C3(c4ccc5c(c4)OC(F)(F)O5)CC3)ccc2n1CC(CO)CC1=NCN=N1.[HH]. The average molecular weight is 554 g/mol. The van der Waals surface area contributed by atoms with Gasteiger partial charge in [-0.25, -0.2) is 4.99 Å². The van der Waals surface area contributed by atoms with Crippen LogP contribution < -0.4 is 14.8 Å². The fraction of sp³-hybridized carbons (Fsp3) is 0.448. The number of amides is 1. The van der Waals surface area contributed by atoms with Crippen molar-refractivity contribution in [2.45, 2.75) is 63.7 Å². The topological polar surface area (TPSA) is 110 Å². The Morgan fingerprint density at radius 1 is 1.15 bits per heavy atom. The van der Waals surface area contributed by atoms with Gasteiger partial charge in [-0.3, -0.25) is 4.79 Å². The van der Waals surface area contributed by atoms with Crippen LogP contribution in [0.1, 0.15) is 52.7 Å². The number of carbonyl (C=O) groups excluding carboxylic acids is 1. The molecule has 11 heteroatoms. The largest absolute Gasteiger partial charge is 0.586 e. The van der Waals surface area contributed by atoms with Crippen molar-refractivity contribution in [3.8, 4) is 11.5 Å². The lowest BCUT2D eigenvalue weighted by Crippen LogP contribution is -2.28. The van der Waals surface area contributed by atoms with Gasteiger partial charge in [-0.05, 0) is 54.8 Å². The summed E-state index contributed by atoms with van der Waals surface area (Å²) in [7, 11) is 0. The lowest BCUT2D eigenvalue weighted by molar-refractivity contribution is -0.286. The van der Waals surface area contributed by atoms with Crippen LogP contribution in [0.2, 0.25) is 0 Å². The molecule has 1 unspecified atom stereocenters. The van der Waals surface area contributed by atoms with Gasteiger partial charge >= 0.3 is 6.29 Å². The number of aliphatic hydroxyl groups is 1. The molecule has 3 aliphatic rings. The van der Waals surface area contributed by atoms with Crippen LogP contribution in [0.3, 0.4) is 0 Å². The maximum absolute atomic E-state index is 13.5. The monoisotopic (exact) mass is 553 g/mol. The number of aromatic nitrogens is 1. The summed E-state index contributed by atoms with van der Waals surface area (Å²) in [5, 5.41) is 22.1. The van der Waals surface area contributed by atoms with Crippen molar-refractivity contribution >= 4 is 28.3 Å². The number of hydrogen-bond acceptors (Lipinski definition) is 7. The molecule has 1 atom stereocenters. The van der Waals surface area contributed by atoms with Crippen molar-refractivity contribution in [1.29, 1.82) is 0 Å². The van der Waals surface area contributed by atoms with Crippen LogP contribution in [-0.2, 0) is 22.2 Å². The first-order valence-corrected chi connectivity index (χ1v) is 13.3. The van der Waals surface area contributed by atoms with Gasteiger partial charge in [0.2, 0.25) is 5.91 Å². The smallest absolute Gasteiger partial charge is 0.396 e. The normalized spacial score (nSPS) is 19.1. The molecule has 6 rings (SSSR count). The number of alkyl halides is 2. The molecule has 9 nitrogen and oxygen atoms in total. The van der Waals surface area contributed by atoms with E-state index in [1.165, 1.54) is 12.1 Å². The van der Waals surface area contributed by atoms with Crippen LogP contribution in [-0.4, -0.2) is 41.0 Å². The third kappa shape index (κ3) is 4.83. The first-order valence-electron chi connectivity index (χ1n) is 13.3. The fourth-order valence-corrected chi connectivity index (χ4v) is 5.50. The molecule has 3 aromatic rings. The van der Waals surface area contributed by atoms with Crippen LogP contribution in [0, 0.1) is 5.92 Å². The van der Waals surface area contributed by atoms with Gasteiger partial charge in [-0.2, -0.15) is 5.11 Å². The molecule has 0 saturated heterocycles. The Morgan fingerprint density at radius 3 is 2.60 bits per heavy atom. The van der Waals surface area contributed by atoms with E-state index in [1.807, 2.05) is 18.2 Å².